The first-order valence-electron chi connectivity index (χ1n) is 8.64. The van der Waals surface area contributed by atoms with Crippen LogP contribution in [0.4, 0.5) is 0 Å². The fourth-order valence-electron chi connectivity index (χ4n) is 3.82. The van der Waals surface area contributed by atoms with E-state index < -0.39 is 0 Å². The summed E-state index contributed by atoms with van der Waals surface area (Å²) in [5, 5.41) is 5.32. The zero-order chi connectivity index (χ0) is 17.8. The molecule has 0 unspecified atom stereocenters. The summed E-state index contributed by atoms with van der Waals surface area (Å²) in [5.74, 6) is 0.641. The van der Waals surface area contributed by atoms with Gasteiger partial charge in [0.2, 0.25) is 5.78 Å². The quantitative estimate of drug-likeness (QED) is 0.675. The fourth-order valence-corrected chi connectivity index (χ4v) is 4.34. The minimum absolute atomic E-state index is 0.0196. The molecule has 2 heterocycles. The zero-order valence-corrected chi connectivity index (χ0v) is 15.9. The van der Waals surface area contributed by atoms with Crippen LogP contribution in [-0.2, 0) is 18.4 Å². The van der Waals surface area contributed by atoms with Crippen LogP contribution in [0.25, 0.3) is 17.0 Å². The Balaban J connectivity index is 2.15. The molecule has 0 saturated heterocycles. The van der Waals surface area contributed by atoms with Crippen molar-refractivity contribution in [1.29, 1.82) is 0 Å². The molecule has 25 heavy (non-hydrogen) atoms. The number of benzene rings is 1. The Morgan fingerprint density at radius 1 is 1.28 bits per heavy atom. The average molecular weight is 354 g/mol. The second kappa shape index (κ2) is 5.73. The third kappa shape index (κ3) is 2.34. The van der Waals surface area contributed by atoms with Crippen LogP contribution in [0.1, 0.15) is 38.3 Å². The van der Waals surface area contributed by atoms with E-state index in [0.29, 0.717) is 10.9 Å². The van der Waals surface area contributed by atoms with Crippen LogP contribution in [0.15, 0.2) is 34.2 Å². The van der Waals surface area contributed by atoms with Crippen molar-refractivity contribution in [3.8, 4) is 11.3 Å². The fraction of sp³-hybridized carbons (Fsp3) is 0.421. The zero-order valence-electron chi connectivity index (χ0n) is 15.0. The summed E-state index contributed by atoms with van der Waals surface area (Å²) < 4.78 is 3.55. The molecular weight excluding hydrogens is 332 g/mol. The Morgan fingerprint density at radius 3 is 2.76 bits per heavy atom. The van der Waals surface area contributed by atoms with Crippen LogP contribution in [0.5, 0.6) is 0 Å². The summed E-state index contributed by atoms with van der Waals surface area (Å²) >= 11 is 1.49. The number of hydrogen-bond acceptors (Lipinski definition) is 4. The molecule has 6 heteroatoms. The van der Waals surface area contributed by atoms with E-state index in [1.165, 1.54) is 17.3 Å². The van der Waals surface area contributed by atoms with Crippen molar-refractivity contribution in [2.75, 3.05) is 6.26 Å². The Kier molecular flexibility index (Phi) is 3.76. The van der Waals surface area contributed by atoms with Crippen molar-refractivity contribution in [1.82, 2.24) is 19.2 Å². The highest BCUT2D eigenvalue weighted by Gasteiger charge is 2.36. The highest BCUT2D eigenvalue weighted by atomic mass is 32.2. The summed E-state index contributed by atoms with van der Waals surface area (Å²) in [4.78, 5) is 18.4. The van der Waals surface area contributed by atoms with Gasteiger partial charge in [0, 0.05) is 17.5 Å². The first-order chi connectivity index (χ1) is 12.0. The van der Waals surface area contributed by atoms with Crippen LogP contribution < -0.4 is 5.56 Å². The monoisotopic (exact) mass is 354 g/mol. The molecule has 0 bridgehead atoms. The van der Waals surface area contributed by atoms with Crippen molar-refractivity contribution < 1.29 is 0 Å². The van der Waals surface area contributed by atoms with Crippen molar-refractivity contribution in [3.05, 3.63) is 45.7 Å². The summed E-state index contributed by atoms with van der Waals surface area (Å²) in [6.07, 6.45) is 3.74. The van der Waals surface area contributed by atoms with Crippen molar-refractivity contribution in [2.24, 2.45) is 0 Å². The molecule has 0 fully saturated rings. The second-order valence-corrected chi connectivity index (χ2v) is 7.98. The van der Waals surface area contributed by atoms with Gasteiger partial charge in [0.25, 0.3) is 5.56 Å². The van der Waals surface area contributed by atoms with E-state index in [2.05, 4.69) is 44.1 Å². The van der Waals surface area contributed by atoms with Crippen LogP contribution in [0, 0.1) is 0 Å². The minimum Gasteiger partial charge on any atom is -0.268 e. The standard InChI is InChI=1S/C19H22N4OS/c1-5-10-22-17-20-15-13-9-7-6-8-12(13)11-19(2,3)14(15)16(24)23(17)18(21-22)25-4/h6-9H,5,10-11H2,1-4H3. The van der Waals surface area contributed by atoms with Gasteiger partial charge in [-0.05, 0) is 24.7 Å². The molecule has 3 aromatic rings. The largest absolute Gasteiger partial charge is 0.268 e. The summed E-state index contributed by atoms with van der Waals surface area (Å²) in [6, 6.07) is 8.28. The molecule has 2 aromatic heterocycles. The number of fused-ring (bicyclic) bond motifs is 4. The second-order valence-electron chi connectivity index (χ2n) is 7.20. The maximum atomic E-state index is 13.5. The van der Waals surface area contributed by atoms with E-state index in [4.69, 9.17) is 4.98 Å². The Morgan fingerprint density at radius 2 is 2.04 bits per heavy atom. The molecular formula is C19H22N4OS. The highest BCUT2D eigenvalue weighted by molar-refractivity contribution is 7.98. The van der Waals surface area contributed by atoms with Gasteiger partial charge in [-0.3, -0.25) is 4.79 Å². The van der Waals surface area contributed by atoms with Gasteiger partial charge >= 0.3 is 0 Å². The van der Waals surface area contributed by atoms with Gasteiger partial charge < -0.3 is 0 Å². The SMILES string of the molecule is CCCn1nc(SC)n2c(=O)c3c(nc12)-c1ccccc1CC3(C)C. The predicted molar refractivity (Wildman–Crippen MR) is 101 cm³/mol. The number of aryl methyl sites for hydroxylation is 1. The minimum atomic E-state index is -0.252. The molecule has 0 N–H and O–H groups in total. The van der Waals surface area contributed by atoms with Crippen molar-refractivity contribution in [2.45, 2.75) is 50.7 Å². The van der Waals surface area contributed by atoms with Crippen molar-refractivity contribution in [3.63, 3.8) is 0 Å². The summed E-state index contributed by atoms with van der Waals surface area (Å²) in [7, 11) is 0. The van der Waals surface area contributed by atoms with E-state index >= 15 is 0 Å². The maximum Gasteiger partial charge on any atom is 0.265 e. The molecule has 1 aromatic carbocycles. The molecule has 0 saturated carbocycles. The van der Waals surface area contributed by atoms with Gasteiger partial charge in [0.05, 0.1) is 11.3 Å². The lowest BCUT2D eigenvalue weighted by Gasteiger charge is -2.32. The smallest absolute Gasteiger partial charge is 0.265 e. The van der Waals surface area contributed by atoms with Gasteiger partial charge in [0.15, 0.2) is 5.16 Å². The lowest BCUT2D eigenvalue weighted by atomic mass is 9.72. The predicted octanol–water partition coefficient (Wildman–Crippen LogP) is 3.52. The lowest BCUT2D eigenvalue weighted by Crippen LogP contribution is -2.36. The molecule has 1 aliphatic rings. The van der Waals surface area contributed by atoms with Crippen LogP contribution >= 0.6 is 11.8 Å². The summed E-state index contributed by atoms with van der Waals surface area (Å²) in [6.45, 7) is 7.12. The molecule has 4 rings (SSSR count). The van der Waals surface area contributed by atoms with Gasteiger partial charge in [-0.25, -0.2) is 14.1 Å². The van der Waals surface area contributed by atoms with Crippen molar-refractivity contribution >= 4 is 17.5 Å². The number of aromatic nitrogens is 4. The van der Waals surface area contributed by atoms with E-state index in [1.807, 2.05) is 17.0 Å². The topological polar surface area (TPSA) is 52.2 Å². The Hall–Kier alpha value is -2.08. The van der Waals surface area contributed by atoms with E-state index in [9.17, 15) is 4.79 Å². The molecule has 0 aliphatic heterocycles. The van der Waals surface area contributed by atoms with Gasteiger partial charge in [-0.2, -0.15) is 0 Å². The number of nitrogens with zero attached hydrogens (tertiary/aromatic N) is 4. The first kappa shape index (κ1) is 16.4. The van der Waals surface area contributed by atoms with Crippen LogP contribution in [-0.4, -0.2) is 25.4 Å². The maximum absolute atomic E-state index is 13.5. The first-order valence-corrected chi connectivity index (χ1v) is 9.86. The molecule has 5 nitrogen and oxygen atoms in total. The molecule has 1 aliphatic carbocycles. The van der Waals surface area contributed by atoms with Crippen LogP contribution in [0.2, 0.25) is 0 Å². The number of hydrogen-bond donors (Lipinski definition) is 0. The highest BCUT2D eigenvalue weighted by Crippen LogP contribution is 2.40. The van der Waals surface area contributed by atoms with Gasteiger partial charge in [-0.15, -0.1) is 5.10 Å². The van der Waals surface area contributed by atoms with E-state index in [0.717, 1.165) is 36.2 Å². The molecule has 0 amide bonds. The van der Waals surface area contributed by atoms with E-state index in [-0.39, 0.29) is 11.0 Å². The van der Waals surface area contributed by atoms with Gasteiger partial charge in [-0.1, -0.05) is 56.8 Å². The number of thioether (sulfide) groups is 1. The lowest BCUT2D eigenvalue weighted by molar-refractivity contribution is 0.505. The number of rotatable bonds is 3. The summed E-state index contributed by atoms with van der Waals surface area (Å²) in [5.41, 5.74) is 3.72. The molecule has 0 radical (unpaired) electrons. The molecule has 0 spiro atoms. The third-order valence-electron chi connectivity index (χ3n) is 4.89. The third-order valence-corrected chi connectivity index (χ3v) is 5.52. The Labute approximate surface area is 151 Å². The normalized spacial score (nSPS) is 15.2. The van der Waals surface area contributed by atoms with E-state index in [1.54, 1.807) is 4.40 Å². The molecule has 130 valence electrons. The van der Waals surface area contributed by atoms with Gasteiger partial charge in [0.1, 0.15) is 0 Å². The Bertz CT molecular complexity index is 1030. The average Bonchev–Trinajstić information content (AvgIpc) is 2.93. The molecule has 0 atom stereocenters. The van der Waals surface area contributed by atoms with Crippen LogP contribution in [0.3, 0.4) is 0 Å².